The van der Waals surface area contributed by atoms with Crippen molar-refractivity contribution in [2.24, 2.45) is 11.1 Å². The summed E-state index contributed by atoms with van der Waals surface area (Å²) in [5, 5.41) is 4.30. The first kappa shape index (κ1) is 17.0. The highest BCUT2D eigenvalue weighted by atomic mass is 16.6. The van der Waals surface area contributed by atoms with Gasteiger partial charge in [0.1, 0.15) is 17.4 Å². The summed E-state index contributed by atoms with van der Waals surface area (Å²) in [5.41, 5.74) is 3.09. The van der Waals surface area contributed by atoms with Gasteiger partial charge in [0.25, 0.3) is 0 Å². The quantitative estimate of drug-likeness (QED) is 0.624. The number of Topliss-reactive ketones (excluding diaryl/α,β-unsaturated/α-hetero) is 1. The van der Waals surface area contributed by atoms with Crippen molar-refractivity contribution >= 4 is 11.5 Å². The topological polar surface area (TPSA) is 47.9 Å². The molecule has 4 nitrogen and oxygen atoms in total. The number of methoxy groups -OCH3 is 1. The molecule has 3 aromatic rings. The smallest absolute Gasteiger partial charge is 0.176 e. The predicted molar refractivity (Wildman–Crippen MR) is 104 cm³/mol. The number of hydrogen-bond acceptors (Lipinski definition) is 4. The lowest BCUT2D eigenvalue weighted by molar-refractivity contribution is 0.0533. The largest absolute Gasteiger partial charge is 0.497 e. The Morgan fingerprint density at radius 1 is 0.889 bits per heavy atom. The van der Waals surface area contributed by atoms with Crippen molar-refractivity contribution in [3.05, 3.63) is 102 Å². The van der Waals surface area contributed by atoms with Crippen LogP contribution in [0.25, 0.3) is 0 Å². The van der Waals surface area contributed by atoms with Crippen LogP contribution in [-0.2, 0) is 4.84 Å². The van der Waals surface area contributed by atoms with E-state index in [1.807, 2.05) is 84.9 Å². The molecule has 0 unspecified atom stereocenters. The molecule has 0 saturated heterocycles. The van der Waals surface area contributed by atoms with E-state index >= 15 is 0 Å². The summed E-state index contributed by atoms with van der Waals surface area (Å²) in [5.74, 6) is 0.242. The highest BCUT2D eigenvalue weighted by Gasteiger charge is 2.41. The molecule has 4 rings (SSSR count). The van der Waals surface area contributed by atoms with E-state index < -0.39 is 12.0 Å². The van der Waals surface area contributed by atoms with Crippen LogP contribution in [0.4, 0.5) is 0 Å². The van der Waals surface area contributed by atoms with Gasteiger partial charge in [-0.1, -0.05) is 78.0 Å². The Bertz CT molecular complexity index is 950. The number of rotatable bonds is 5. The lowest BCUT2D eigenvalue weighted by atomic mass is 9.83. The molecule has 0 spiro atoms. The highest BCUT2D eigenvalue weighted by molar-refractivity contribution is 6.19. The van der Waals surface area contributed by atoms with Gasteiger partial charge in [-0.2, -0.15) is 0 Å². The third-order valence-electron chi connectivity index (χ3n) is 4.72. The molecule has 1 aliphatic heterocycles. The molecule has 0 bridgehead atoms. The maximum Gasteiger partial charge on any atom is 0.176 e. The molecule has 1 heterocycles. The zero-order chi connectivity index (χ0) is 18.6. The Balaban J connectivity index is 1.74. The van der Waals surface area contributed by atoms with Crippen LogP contribution in [0.3, 0.4) is 0 Å². The van der Waals surface area contributed by atoms with Crippen molar-refractivity contribution in [3.63, 3.8) is 0 Å². The Morgan fingerprint density at radius 2 is 1.52 bits per heavy atom. The summed E-state index contributed by atoms with van der Waals surface area (Å²) in [4.78, 5) is 19.1. The van der Waals surface area contributed by atoms with Crippen LogP contribution >= 0.6 is 0 Å². The van der Waals surface area contributed by atoms with E-state index in [4.69, 9.17) is 9.57 Å². The maximum atomic E-state index is 13.4. The van der Waals surface area contributed by atoms with Gasteiger partial charge in [0, 0.05) is 11.1 Å². The molecule has 1 aliphatic rings. The van der Waals surface area contributed by atoms with Crippen molar-refractivity contribution in [3.8, 4) is 5.75 Å². The van der Waals surface area contributed by atoms with Gasteiger partial charge >= 0.3 is 0 Å². The number of ketones is 1. The van der Waals surface area contributed by atoms with Gasteiger partial charge in [0.2, 0.25) is 0 Å². The Kier molecular flexibility index (Phi) is 4.71. The number of carbonyl (C=O) groups excluding carboxylic acids is 1. The average Bonchev–Trinajstić information content (AvgIpc) is 3.19. The van der Waals surface area contributed by atoms with E-state index in [2.05, 4.69) is 5.16 Å². The summed E-state index contributed by atoms with van der Waals surface area (Å²) in [7, 11) is 1.62. The minimum absolute atomic E-state index is 0.00322. The van der Waals surface area contributed by atoms with Crippen LogP contribution < -0.4 is 4.74 Å². The number of nitrogens with zero attached hydrogens (tertiary/aromatic N) is 1. The van der Waals surface area contributed by atoms with Crippen LogP contribution in [0.2, 0.25) is 0 Å². The van der Waals surface area contributed by atoms with E-state index in [1.165, 1.54) is 0 Å². The average molecular weight is 357 g/mol. The Morgan fingerprint density at radius 3 is 2.15 bits per heavy atom. The second kappa shape index (κ2) is 7.46. The number of benzene rings is 3. The van der Waals surface area contributed by atoms with E-state index in [1.54, 1.807) is 7.11 Å². The molecule has 0 aliphatic carbocycles. The third kappa shape index (κ3) is 3.34. The fraction of sp³-hybridized carbons (Fsp3) is 0.130. The SMILES string of the molecule is COc1ccc([C@H]2ON=C(c3ccccc3)[C@@H]2C(=O)c2ccccc2)cc1. The van der Waals surface area contributed by atoms with Crippen molar-refractivity contribution in [2.75, 3.05) is 7.11 Å². The van der Waals surface area contributed by atoms with E-state index in [9.17, 15) is 4.79 Å². The summed E-state index contributed by atoms with van der Waals surface area (Å²) >= 11 is 0. The molecule has 0 fully saturated rings. The lowest BCUT2D eigenvalue weighted by Crippen LogP contribution is -2.27. The minimum Gasteiger partial charge on any atom is -0.497 e. The molecule has 2 atom stereocenters. The van der Waals surface area contributed by atoms with Crippen LogP contribution in [0.15, 0.2) is 90.1 Å². The predicted octanol–water partition coefficient (Wildman–Crippen LogP) is 4.67. The highest BCUT2D eigenvalue weighted by Crippen LogP contribution is 2.37. The zero-order valence-corrected chi connectivity index (χ0v) is 14.9. The fourth-order valence-electron chi connectivity index (χ4n) is 3.31. The third-order valence-corrected chi connectivity index (χ3v) is 4.72. The van der Waals surface area contributed by atoms with Gasteiger partial charge in [-0.15, -0.1) is 0 Å². The van der Waals surface area contributed by atoms with Gasteiger partial charge < -0.3 is 9.57 Å². The second-order valence-electron chi connectivity index (χ2n) is 6.35. The summed E-state index contributed by atoms with van der Waals surface area (Å²) in [6.07, 6.45) is -0.473. The van der Waals surface area contributed by atoms with Gasteiger partial charge in [0.15, 0.2) is 11.9 Å². The standard InChI is InChI=1S/C23H19NO3/c1-26-19-14-12-18(13-15-19)23-20(22(25)17-10-6-3-7-11-17)21(24-27-23)16-8-4-2-5-9-16/h2-15,20,23H,1H3/t20-,23-/m1/s1. The molecule has 0 radical (unpaired) electrons. The maximum absolute atomic E-state index is 13.4. The first-order valence-corrected chi connectivity index (χ1v) is 8.80. The zero-order valence-electron chi connectivity index (χ0n) is 14.9. The Hall–Kier alpha value is -3.40. The molecule has 27 heavy (non-hydrogen) atoms. The van der Waals surface area contributed by atoms with Crippen LogP contribution in [-0.4, -0.2) is 18.6 Å². The van der Waals surface area contributed by atoms with Gasteiger partial charge in [-0.05, 0) is 17.7 Å². The fourth-order valence-corrected chi connectivity index (χ4v) is 3.31. The van der Waals surface area contributed by atoms with Crippen LogP contribution in [0.1, 0.15) is 27.6 Å². The number of carbonyl (C=O) groups is 1. The molecule has 4 heteroatoms. The molecule has 0 aromatic heterocycles. The molecule has 134 valence electrons. The normalized spacial score (nSPS) is 18.5. The van der Waals surface area contributed by atoms with E-state index in [0.29, 0.717) is 11.3 Å². The molecule has 0 N–H and O–H groups in total. The number of ether oxygens (including phenoxy) is 1. The summed E-state index contributed by atoms with van der Waals surface area (Å²) in [6, 6.07) is 26.5. The summed E-state index contributed by atoms with van der Waals surface area (Å²) < 4.78 is 5.23. The second-order valence-corrected chi connectivity index (χ2v) is 6.35. The molecule has 3 aromatic carbocycles. The monoisotopic (exact) mass is 357 g/mol. The van der Waals surface area contributed by atoms with E-state index in [-0.39, 0.29) is 5.78 Å². The lowest BCUT2D eigenvalue weighted by Gasteiger charge is -2.19. The van der Waals surface area contributed by atoms with Crippen molar-refractivity contribution in [2.45, 2.75) is 6.10 Å². The molecule has 0 saturated carbocycles. The number of hydrogen-bond donors (Lipinski definition) is 0. The van der Waals surface area contributed by atoms with Crippen molar-refractivity contribution < 1.29 is 14.4 Å². The van der Waals surface area contributed by atoms with Crippen molar-refractivity contribution in [1.82, 2.24) is 0 Å². The Labute approximate surface area is 158 Å². The van der Waals surface area contributed by atoms with E-state index in [0.717, 1.165) is 16.9 Å². The van der Waals surface area contributed by atoms with Gasteiger partial charge in [-0.3, -0.25) is 4.79 Å². The minimum atomic E-state index is -0.511. The summed E-state index contributed by atoms with van der Waals surface area (Å²) in [6.45, 7) is 0. The molecular formula is C23H19NO3. The van der Waals surface area contributed by atoms with Crippen molar-refractivity contribution in [1.29, 1.82) is 0 Å². The first-order valence-electron chi connectivity index (χ1n) is 8.80. The van der Waals surface area contributed by atoms with Crippen LogP contribution in [0, 0.1) is 5.92 Å². The first-order chi connectivity index (χ1) is 13.3. The molecule has 0 amide bonds. The van der Waals surface area contributed by atoms with Gasteiger partial charge in [0.05, 0.1) is 7.11 Å². The van der Waals surface area contributed by atoms with Gasteiger partial charge in [-0.25, -0.2) is 0 Å². The number of oxime groups is 1. The van der Waals surface area contributed by atoms with Crippen LogP contribution in [0.5, 0.6) is 5.75 Å². The molecular weight excluding hydrogens is 338 g/mol.